The lowest BCUT2D eigenvalue weighted by molar-refractivity contribution is 0.397. The summed E-state index contributed by atoms with van der Waals surface area (Å²) in [6.45, 7) is 11.8. The lowest BCUT2D eigenvalue weighted by Crippen LogP contribution is -2.30. The minimum Gasteiger partial charge on any atom is -0.481 e. The second-order valence-corrected chi connectivity index (χ2v) is 7.26. The summed E-state index contributed by atoms with van der Waals surface area (Å²) in [4.78, 5) is 5.70. The van der Waals surface area contributed by atoms with Gasteiger partial charge in [0.15, 0.2) is 5.84 Å². The molecule has 0 spiro atoms. The molecule has 0 saturated carbocycles. The highest BCUT2D eigenvalue weighted by molar-refractivity contribution is 6.34. The molecule has 0 amide bonds. The van der Waals surface area contributed by atoms with Crippen molar-refractivity contribution in [1.29, 1.82) is 0 Å². The summed E-state index contributed by atoms with van der Waals surface area (Å²) >= 11 is 6.49. The van der Waals surface area contributed by atoms with Gasteiger partial charge < -0.3 is 26.9 Å². The number of amidine groups is 1. The molecular formula is C26H28ClN7O2. The average Bonchev–Trinajstić information content (AvgIpc) is 2.90. The van der Waals surface area contributed by atoms with Crippen molar-refractivity contribution < 1.29 is 9.47 Å². The zero-order chi connectivity index (χ0) is 26.5. The Labute approximate surface area is 215 Å². The van der Waals surface area contributed by atoms with E-state index >= 15 is 0 Å². The minimum absolute atomic E-state index is 0.0327. The van der Waals surface area contributed by atoms with Crippen LogP contribution in [0.2, 0.25) is 5.02 Å². The van der Waals surface area contributed by atoms with E-state index in [0.29, 0.717) is 33.4 Å². The standard InChI is InChI=1S/C26H28ClN7O2/c1-5-8-20(13-15-28)18(2)34(23-10-7-6-9-22(23)27)24(32-29)11-12-25(33-30)36-19(3)21-14-16-31-26(17-21)35-4/h5-17H,1-3,28-30H2,4H3/b12-11+,15-13-,20-8+,32-24-,33-25-. The number of halogens is 1. The predicted molar refractivity (Wildman–Crippen MR) is 148 cm³/mol. The fourth-order valence-electron chi connectivity index (χ4n) is 2.95. The molecule has 36 heavy (non-hydrogen) atoms. The molecule has 0 radical (unpaired) electrons. The van der Waals surface area contributed by atoms with Gasteiger partial charge in [-0.3, -0.25) is 4.90 Å². The fourth-order valence-corrected chi connectivity index (χ4v) is 3.17. The maximum Gasteiger partial charge on any atom is 0.235 e. The molecule has 2 rings (SSSR count). The molecule has 0 bridgehead atoms. The number of para-hydroxylation sites is 1. The molecule has 6 N–H and O–H groups in total. The minimum atomic E-state index is 0.0327. The van der Waals surface area contributed by atoms with Crippen LogP contribution in [0.15, 0.2) is 120 Å². The van der Waals surface area contributed by atoms with E-state index in [1.807, 2.05) is 6.07 Å². The molecule has 186 valence electrons. The number of aromatic nitrogens is 1. The fraction of sp³-hybridized carbons (Fsp3) is 0.0385. The van der Waals surface area contributed by atoms with E-state index in [4.69, 9.17) is 38.5 Å². The molecule has 9 nitrogen and oxygen atoms in total. The van der Waals surface area contributed by atoms with Crippen molar-refractivity contribution in [1.82, 2.24) is 4.98 Å². The average molecular weight is 506 g/mol. The summed E-state index contributed by atoms with van der Waals surface area (Å²) in [5.74, 6) is 12.3. The van der Waals surface area contributed by atoms with Crippen molar-refractivity contribution in [3.05, 3.63) is 121 Å². The quantitative estimate of drug-likeness (QED) is 0.108. The van der Waals surface area contributed by atoms with Gasteiger partial charge in [-0.15, -0.1) is 5.10 Å². The number of hydrazone groups is 2. The van der Waals surface area contributed by atoms with E-state index in [0.717, 1.165) is 0 Å². The van der Waals surface area contributed by atoms with Crippen LogP contribution < -0.4 is 27.1 Å². The lowest BCUT2D eigenvalue weighted by Gasteiger charge is -2.27. The van der Waals surface area contributed by atoms with E-state index < -0.39 is 0 Å². The van der Waals surface area contributed by atoms with Gasteiger partial charge >= 0.3 is 0 Å². The third kappa shape index (κ3) is 7.12. The van der Waals surface area contributed by atoms with E-state index in [-0.39, 0.29) is 17.5 Å². The number of methoxy groups -OCH3 is 1. The van der Waals surface area contributed by atoms with Crippen molar-refractivity contribution in [3.8, 4) is 5.88 Å². The number of benzene rings is 1. The second kappa shape index (κ2) is 13.8. The third-order valence-corrected chi connectivity index (χ3v) is 4.95. The first-order valence-electron chi connectivity index (χ1n) is 10.5. The first-order chi connectivity index (χ1) is 17.4. The highest BCUT2D eigenvalue weighted by Crippen LogP contribution is 2.31. The Morgan fingerprint density at radius 1 is 1.11 bits per heavy atom. The molecule has 0 fully saturated rings. The smallest absolute Gasteiger partial charge is 0.235 e. The Hall–Kier alpha value is -4.76. The summed E-state index contributed by atoms with van der Waals surface area (Å²) in [7, 11) is 1.51. The Balaban J connectivity index is 2.42. The summed E-state index contributed by atoms with van der Waals surface area (Å²) in [6.07, 6.45) is 11.0. The Bertz CT molecular complexity index is 1260. The van der Waals surface area contributed by atoms with E-state index in [2.05, 4.69) is 34.9 Å². The molecule has 0 saturated heterocycles. The molecule has 0 atom stereocenters. The molecular weight excluding hydrogens is 478 g/mol. The SMILES string of the molecule is C=C/C=C(\C=C/N)C(=C)N(C(/C=C/C(=N/N)OC(=C)c1ccnc(OC)c1)=N\N)c1ccccc1Cl. The van der Waals surface area contributed by atoms with E-state index in [1.54, 1.807) is 59.7 Å². The normalized spacial score (nSPS) is 12.6. The highest BCUT2D eigenvalue weighted by atomic mass is 35.5. The molecule has 1 aromatic carbocycles. The first-order valence-corrected chi connectivity index (χ1v) is 10.8. The van der Waals surface area contributed by atoms with Crippen molar-refractivity contribution in [2.45, 2.75) is 0 Å². The van der Waals surface area contributed by atoms with Gasteiger partial charge in [0.1, 0.15) is 5.76 Å². The van der Waals surface area contributed by atoms with E-state index in [9.17, 15) is 0 Å². The van der Waals surface area contributed by atoms with Gasteiger partial charge in [0.25, 0.3) is 0 Å². The predicted octanol–water partition coefficient (Wildman–Crippen LogP) is 4.44. The Morgan fingerprint density at radius 3 is 2.47 bits per heavy atom. The summed E-state index contributed by atoms with van der Waals surface area (Å²) in [5.41, 5.74) is 7.94. The van der Waals surface area contributed by atoms with Crippen molar-refractivity contribution >= 4 is 34.8 Å². The number of pyridine rings is 1. The maximum absolute atomic E-state index is 6.49. The van der Waals surface area contributed by atoms with Crippen LogP contribution in [0.25, 0.3) is 5.76 Å². The van der Waals surface area contributed by atoms with Crippen LogP contribution in [0.5, 0.6) is 5.88 Å². The van der Waals surface area contributed by atoms with Crippen LogP contribution in [-0.4, -0.2) is 23.8 Å². The lowest BCUT2D eigenvalue weighted by atomic mass is 10.1. The number of nitrogens with two attached hydrogens (primary N) is 3. The number of hydrogen-bond acceptors (Lipinski definition) is 8. The second-order valence-electron chi connectivity index (χ2n) is 6.85. The van der Waals surface area contributed by atoms with Gasteiger partial charge in [0, 0.05) is 29.6 Å². The molecule has 10 heteroatoms. The topological polar surface area (TPSA) is 137 Å². The van der Waals surface area contributed by atoms with Crippen molar-refractivity contribution in [3.63, 3.8) is 0 Å². The van der Waals surface area contributed by atoms with Crippen LogP contribution >= 0.6 is 11.6 Å². The monoisotopic (exact) mass is 505 g/mol. The molecule has 0 aliphatic carbocycles. The zero-order valence-electron chi connectivity index (χ0n) is 19.8. The molecule has 1 heterocycles. The van der Waals surface area contributed by atoms with Crippen molar-refractivity contribution in [2.75, 3.05) is 12.0 Å². The summed E-state index contributed by atoms with van der Waals surface area (Å²) < 4.78 is 10.8. The number of nitrogens with zero attached hydrogens (tertiary/aromatic N) is 4. The number of ether oxygens (including phenoxy) is 2. The number of allylic oxidation sites excluding steroid dienone is 3. The maximum atomic E-state index is 6.49. The first kappa shape index (κ1) is 27.5. The Kier molecular flexibility index (Phi) is 10.6. The highest BCUT2D eigenvalue weighted by Gasteiger charge is 2.20. The van der Waals surface area contributed by atoms with E-state index in [1.165, 1.54) is 25.5 Å². The van der Waals surface area contributed by atoms with Crippen LogP contribution in [-0.2, 0) is 4.74 Å². The van der Waals surface area contributed by atoms with Crippen LogP contribution in [0, 0.1) is 0 Å². The molecule has 0 unspecified atom stereocenters. The zero-order valence-corrected chi connectivity index (χ0v) is 20.6. The van der Waals surface area contributed by atoms with Gasteiger partial charge in [0.2, 0.25) is 11.8 Å². The summed E-state index contributed by atoms with van der Waals surface area (Å²) in [6, 6.07) is 10.5. The number of hydrogen-bond donors (Lipinski definition) is 3. The van der Waals surface area contributed by atoms with Crippen molar-refractivity contribution in [2.24, 2.45) is 27.6 Å². The van der Waals surface area contributed by atoms with Crippen LogP contribution in [0.4, 0.5) is 5.69 Å². The van der Waals surface area contributed by atoms with Gasteiger partial charge in [-0.1, -0.05) is 55.6 Å². The summed E-state index contributed by atoms with van der Waals surface area (Å²) in [5, 5.41) is 8.04. The molecule has 0 aliphatic heterocycles. The molecule has 1 aromatic heterocycles. The largest absolute Gasteiger partial charge is 0.481 e. The number of anilines is 1. The van der Waals surface area contributed by atoms with Crippen LogP contribution in [0.3, 0.4) is 0 Å². The molecule has 0 aliphatic rings. The van der Waals surface area contributed by atoms with Gasteiger partial charge in [-0.05, 0) is 42.1 Å². The van der Waals surface area contributed by atoms with Gasteiger partial charge in [0.05, 0.1) is 17.8 Å². The van der Waals surface area contributed by atoms with Crippen LogP contribution in [0.1, 0.15) is 5.56 Å². The Morgan fingerprint density at radius 2 is 1.86 bits per heavy atom. The van der Waals surface area contributed by atoms with Gasteiger partial charge in [-0.2, -0.15) is 5.10 Å². The molecule has 2 aromatic rings. The van der Waals surface area contributed by atoms with Gasteiger partial charge in [-0.25, -0.2) is 4.98 Å². The number of rotatable bonds is 10. The third-order valence-electron chi connectivity index (χ3n) is 4.63.